The van der Waals surface area contributed by atoms with E-state index in [-0.39, 0.29) is 17.1 Å². The second kappa shape index (κ2) is 8.45. The maximum atomic E-state index is 13.7. The Hall–Kier alpha value is -2.40. The van der Waals surface area contributed by atoms with Crippen molar-refractivity contribution in [3.63, 3.8) is 0 Å². The summed E-state index contributed by atoms with van der Waals surface area (Å²) in [4.78, 5) is 10.8. The van der Waals surface area contributed by atoms with Crippen LogP contribution in [0.15, 0.2) is 42.5 Å². The van der Waals surface area contributed by atoms with E-state index >= 15 is 0 Å². The van der Waals surface area contributed by atoms with E-state index in [9.17, 15) is 9.18 Å². The number of hydrogen-bond acceptors (Lipinski definition) is 3. The van der Waals surface area contributed by atoms with E-state index in [0.717, 1.165) is 24.1 Å². The second-order valence-corrected chi connectivity index (χ2v) is 5.91. The molecule has 2 aromatic carbocycles. The van der Waals surface area contributed by atoms with Crippen LogP contribution in [0.4, 0.5) is 4.39 Å². The number of rotatable bonds is 8. The third-order valence-corrected chi connectivity index (χ3v) is 3.82. The van der Waals surface area contributed by atoms with Gasteiger partial charge in [0.2, 0.25) is 0 Å². The van der Waals surface area contributed by atoms with E-state index in [4.69, 9.17) is 9.84 Å². The summed E-state index contributed by atoms with van der Waals surface area (Å²) < 4.78 is 18.6. The second-order valence-electron chi connectivity index (χ2n) is 5.91. The molecule has 0 fully saturated rings. The number of carboxylic acids is 1. The quantitative estimate of drug-likeness (QED) is 0.777. The average Bonchev–Trinajstić information content (AvgIpc) is 2.55. The zero-order valence-corrected chi connectivity index (χ0v) is 13.9. The lowest BCUT2D eigenvalue weighted by Crippen LogP contribution is -2.22. The molecule has 0 saturated heterocycles. The van der Waals surface area contributed by atoms with Crippen LogP contribution in [-0.2, 0) is 13.0 Å². The largest absolute Gasteiger partial charge is 0.494 e. The van der Waals surface area contributed by atoms with E-state index in [1.54, 1.807) is 30.3 Å². The first-order valence-corrected chi connectivity index (χ1v) is 7.85. The number of halogens is 1. The molecule has 0 radical (unpaired) electrons. The standard InChI is InChI=1S/C19H22FNO3/c1-13(9-15-5-8-18(24-2)17(20)10-15)11-21-12-14-3-6-16(7-4-14)19(22)23/h3-8,10,13,21H,9,11-12H2,1-2H3,(H,22,23). The summed E-state index contributed by atoms with van der Waals surface area (Å²) in [5, 5.41) is 12.2. The molecule has 128 valence electrons. The lowest BCUT2D eigenvalue weighted by Gasteiger charge is -2.13. The number of nitrogens with one attached hydrogen (secondary N) is 1. The van der Waals surface area contributed by atoms with Crippen molar-refractivity contribution < 1.29 is 19.0 Å². The van der Waals surface area contributed by atoms with Crippen LogP contribution in [0.1, 0.15) is 28.4 Å². The molecule has 0 aliphatic heterocycles. The molecule has 0 aromatic heterocycles. The summed E-state index contributed by atoms with van der Waals surface area (Å²) >= 11 is 0. The van der Waals surface area contributed by atoms with Gasteiger partial charge in [-0.05, 0) is 54.3 Å². The van der Waals surface area contributed by atoms with Crippen LogP contribution >= 0.6 is 0 Å². The Morgan fingerprint density at radius 2 is 1.88 bits per heavy atom. The highest BCUT2D eigenvalue weighted by atomic mass is 19.1. The molecule has 0 heterocycles. The number of hydrogen-bond donors (Lipinski definition) is 2. The van der Waals surface area contributed by atoms with Gasteiger partial charge in [-0.2, -0.15) is 0 Å². The minimum absolute atomic E-state index is 0.259. The third kappa shape index (κ3) is 5.06. The summed E-state index contributed by atoms with van der Waals surface area (Å²) in [5.41, 5.74) is 2.25. The third-order valence-electron chi connectivity index (χ3n) is 3.82. The highest BCUT2D eigenvalue weighted by Gasteiger charge is 2.08. The summed E-state index contributed by atoms with van der Waals surface area (Å²) in [6, 6.07) is 11.9. The SMILES string of the molecule is COc1ccc(CC(C)CNCc2ccc(C(=O)O)cc2)cc1F. The molecule has 0 spiro atoms. The predicted octanol–water partition coefficient (Wildman–Crippen LogP) is 3.50. The fraction of sp³-hybridized carbons (Fsp3) is 0.316. The molecule has 4 nitrogen and oxygen atoms in total. The van der Waals surface area contributed by atoms with Crippen LogP contribution < -0.4 is 10.1 Å². The van der Waals surface area contributed by atoms with Crippen LogP contribution in [0.5, 0.6) is 5.75 Å². The molecule has 5 heteroatoms. The Kier molecular flexibility index (Phi) is 6.32. The molecule has 1 unspecified atom stereocenters. The van der Waals surface area contributed by atoms with Gasteiger partial charge in [-0.25, -0.2) is 9.18 Å². The summed E-state index contributed by atoms with van der Waals surface area (Å²) in [5.74, 6) is -0.658. The average molecular weight is 331 g/mol. The molecule has 24 heavy (non-hydrogen) atoms. The van der Waals surface area contributed by atoms with E-state index < -0.39 is 5.97 Å². The minimum atomic E-state index is -0.921. The molecule has 0 bridgehead atoms. The maximum absolute atomic E-state index is 13.7. The van der Waals surface area contributed by atoms with Crippen molar-refractivity contribution in [3.05, 3.63) is 65.0 Å². The van der Waals surface area contributed by atoms with E-state index in [2.05, 4.69) is 12.2 Å². The number of aromatic carboxylic acids is 1. The van der Waals surface area contributed by atoms with Gasteiger partial charge in [0.1, 0.15) is 0 Å². The zero-order valence-electron chi connectivity index (χ0n) is 13.9. The highest BCUT2D eigenvalue weighted by Crippen LogP contribution is 2.19. The number of carboxylic acid groups (broad SMARTS) is 1. The first-order valence-electron chi connectivity index (χ1n) is 7.85. The Morgan fingerprint density at radius 1 is 1.21 bits per heavy atom. The van der Waals surface area contributed by atoms with Gasteiger partial charge in [0.25, 0.3) is 0 Å². The number of ether oxygens (including phenoxy) is 1. The molecule has 0 aliphatic rings. The zero-order chi connectivity index (χ0) is 17.5. The Bertz CT molecular complexity index is 686. The van der Waals surface area contributed by atoms with Crippen molar-refractivity contribution in [2.45, 2.75) is 19.9 Å². The van der Waals surface area contributed by atoms with Gasteiger partial charge in [-0.3, -0.25) is 0 Å². The van der Waals surface area contributed by atoms with Crippen LogP contribution in [-0.4, -0.2) is 24.7 Å². The lowest BCUT2D eigenvalue weighted by molar-refractivity contribution is 0.0697. The lowest BCUT2D eigenvalue weighted by atomic mass is 10.0. The van der Waals surface area contributed by atoms with Gasteiger partial charge in [0.05, 0.1) is 12.7 Å². The van der Waals surface area contributed by atoms with Crippen molar-refractivity contribution in [3.8, 4) is 5.75 Å². The molecule has 0 amide bonds. The number of carbonyl (C=O) groups is 1. The smallest absolute Gasteiger partial charge is 0.335 e. The molecule has 0 saturated carbocycles. The van der Waals surface area contributed by atoms with Gasteiger partial charge in [-0.1, -0.05) is 25.1 Å². The van der Waals surface area contributed by atoms with Crippen LogP contribution in [0.3, 0.4) is 0 Å². The van der Waals surface area contributed by atoms with Gasteiger partial charge in [0, 0.05) is 6.54 Å². The molecule has 2 aromatic rings. The molecule has 2 N–H and O–H groups in total. The van der Waals surface area contributed by atoms with Crippen LogP contribution in [0, 0.1) is 11.7 Å². The first-order chi connectivity index (χ1) is 11.5. The fourth-order valence-electron chi connectivity index (χ4n) is 2.54. The highest BCUT2D eigenvalue weighted by molar-refractivity contribution is 5.87. The molecular formula is C19H22FNO3. The van der Waals surface area contributed by atoms with Crippen molar-refractivity contribution in [1.29, 1.82) is 0 Å². The topological polar surface area (TPSA) is 58.6 Å². The Morgan fingerprint density at radius 3 is 2.46 bits per heavy atom. The summed E-state index contributed by atoms with van der Waals surface area (Å²) in [6.07, 6.45) is 0.770. The van der Waals surface area contributed by atoms with E-state index in [1.807, 2.05) is 6.07 Å². The van der Waals surface area contributed by atoms with Gasteiger partial charge in [0.15, 0.2) is 11.6 Å². The predicted molar refractivity (Wildman–Crippen MR) is 90.9 cm³/mol. The summed E-state index contributed by atoms with van der Waals surface area (Å²) in [7, 11) is 1.45. The molecule has 2 rings (SSSR count). The molecule has 0 aliphatic carbocycles. The van der Waals surface area contributed by atoms with Gasteiger partial charge >= 0.3 is 5.97 Å². The maximum Gasteiger partial charge on any atom is 0.335 e. The van der Waals surface area contributed by atoms with Crippen molar-refractivity contribution >= 4 is 5.97 Å². The Labute approximate surface area is 141 Å². The van der Waals surface area contributed by atoms with Gasteiger partial charge in [-0.15, -0.1) is 0 Å². The van der Waals surface area contributed by atoms with Gasteiger partial charge < -0.3 is 15.2 Å². The Balaban J connectivity index is 1.79. The number of methoxy groups -OCH3 is 1. The van der Waals surface area contributed by atoms with Crippen molar-refractivity contribution in [1.82, 2.24) is 5.32 Å². The number of benzene rings is 2. The first kappa shape index (κ1) is 17.9. The van der Waals surface area contributed by atoms with Crippen LogP contribution in [0.2, 0.25) is 0 Å². The molecular weight excluding hydrogens is 309 g/mol. The van der Waals surface area contributed by atoms with E-state index in [1.165, 1.54) is 13.2 Å². The summed E-state index contributed by atoms with van der Waals surface area (Å²) in [6.45, 7) is 3.55. The van der Waals surface area contributed by atoms with E-state index in [0.29, 0.717) is 12.5 Å². The fourth-order valence-corrected chi connectivity index (χ4v) is 2.54. The van der Waals surface area contributed by atoms with Crippen LogP contribution in [0.25, 0.3) is 0 Å². The van der Waals surface area contributed by atoms with Crippen molar-refractivity contribution in [2.24, 2.45) is 5.92 Å². The van der Waals surface area contributed by atoms with Crippen molar-refractivity contribution in [2.75, 3.05) is 13.7 Å². The normalized spacial score (nSPS) is 12.0. The monoisotopic (exact) mass is 331 g/mol. The minimum Gasteiger partial charge on any atom is -0.494 e. The molecule has 1 atom stereocenters.